The molecule has 0 heterocycles. The predicted octanol–water partition coefficient (Wildman–Crippen LogP) is 3.77. The van der Waals surface area contributed by atoms with Crippen molar-refractivity contribution in [3.63, 3.8) is 0 Å². The van der Waals surface area contributed by atoms with Crippen molar-refractivity contribution in [1.29, 1.82) is 0 Å². The third-order valence-corrected chi connectivity index (χ3v) is 3.03. The van der Waals surface area contributed by atoms with Gasteiger partial charge in [0.15, 0.2) is 0 Å². The van der Waals surface area contributed by atoms with Crippen LogP contribution in [0.25, 0.3) is 0 Å². The van der Waals surface area contributed by atoms with Crippen molar-refractivity contribution in [2.75, 3.05) is 6.61 Å². The first-order valence-electron chi connectivity index (χ1n) is 6.83. The summed E-state index contributed by atoms with van der Waals surface area (Å²) >= 11 is 0. The Kier molecular flexibility index (Phi) is 7.62. The summed E-state index contributed by atoms with van der Waals surface area (Å²) in [7, 11) is 0. The molecule has 3 heteroatoms. The van der Waals surface area contributed by atoms with Crippen LogP contribution in [0.15, 0.2) is 18.2 Å². The van der Waals surface area contributed by atoms with E-state index in [1.165, 1.54) is 25.7 Å². The van der Waals surface area contributed by atoms with Crippen LogP contribution in [-0.4, -0.2) is 6.61 Å². The van der Waals surface area contributed by atoms with Gasteiger partial charge in [0.05, 0.1) is 6.61 Å². The second kappa shape index (κ2) is 9.06. The zero-order valence-electron chi connectivity index (χ0n) is 11.3. The van der Waals surface area contributed by atoms with Crippen LogP contribution in [0.3, 0.4) is 0 Å². The molecule has 0 spiro atoms. The van der Waals surface area contributed by atoms with Crippen LogP contribution >= 0.6 is 0 Å². The summed E-state index contributed by atoms with van der Waals surface area (Å²) in [6, 6.07) is 5.29. The molecule has 18 heavy (non-hydrogen) atoms. The summed E-state index contributed by atoms with van der Waals surface area (Å²) in [5.41, 5.74) is 6.62. The van der Waals surface area contributed by atoms with E-state index in [-0.39, 0.29) is 12.4 Å². The second-order valence-electron chi connectivity index (χ2n) is 4.56. The molecule has 2 nitrogen and oxygen atoms in total. The Morgan fingerprint density at radius 3 is 2.56 bits per heavy atom. The van der Waals surface area contributed by atoms with Gasteiger partial charge in [-0.25, -0.2) is 4.39 Å². The number of unbranched alkanes of at least 4 members (excludes halogenated alkanes) is 4. The first kappa shape index (κ1) is 15.1. The van der Waals surface area contributed by atoms with Crippen molar-refractivity contribution in [3.8, 4) is 0 Å². The van der Waals surface area contributed by atoms with Crippen molar-refractivity contribution >= 4 is 0 Å². The number of hydrogen-bond donors (Lipinski definition) is 1. The molecule has 0 atom stereocenters. The fraction of sp³-hybridized carbons (Fsp3) is 0.600. The third-order valence-electron chi connectivity index (χ3n) is 3.03. The molecule has 1 aromatic rings. The molecule has 0 aliphatic heterocycles. The SMILES string of the molecule is CCCCCCCOCc1cccc(CN)c1F. The van der Waals surface area contributed by atoms with Crippen LogP contribution in [0, 0.1) is 5.82 Å². The molecule has 0 fully saturated rings. The topological polar surface area (TPSA) is 35.2 Å². The lowest BCUT2D eigenvalue weighted by Gasteiger charge is -2.08. The molecule has 0 aliphatic carbocycles. The van der Waals surface area contributed by atoms with Gasteiger partial charge in [0.2, 0.25) is 0 Å². The summed E-state index contributed by atoms with van der Waals surface area (Å²) in [5.74, 6) is -0.217. The molecule has 2 N–H and O–H groups in total. The molecule has 0 aromatic heterocycles. The fourth-order valence-electron chi connectivity index (χ4n) is 1.89. The van der Waals surface area contributed by atoms with Crippen LogP contribution in [0.1, 0.15) is 50.2 Å². The zero-order chi connectivity index (χ0) is 13.2. The van der Waals surface area contributed by atoms with E-state index in [1.807, 2.05) is 6.07 Å². The average molecular weight is 253 g/mol. The maximum atomic E-state index is 13.8. The molecule has 0 aliphatic rings. The summed E-state index contributed by atoms with van der Waals surface area (Å²) in [6.07, 6.45) is 6.04. The van der Waals surface area contributed by atoms with Gasteiger partial charge in [-0.1, -0.05) is 50.8 Å². The number of benzene rings is 1. The van der Waals surface area contributed by atoms with Crippen LogP contribution in [0.5, 0.6) is 0 Å². The summed E-state index contributed by atoms with van der Waals surface area (Å²) in [5, 5.41) is 0. The predicted molar refractivity (Wildman–Crippen MR) is 72.7 cm³/mol. The number of ether oxygens (including phenoxy) is 1. The first-order chi connectivity index (χ1) is 8.79. The maximum Gasteiger partial charge on any atom is 0.133 e. The summed E-state index contributed by atoms with van der Waals surface area (Å²) in [4.78, 5) is 0. The van der Waals surface area contributed by atoms with Gasteiger partial charge in [0.1, 0.15) is 5.82 Å². The largest absolute Gasteiger partial charge is 0.377 e. The molecule has 0 amide bonds. The molecular weight excluding hydrogens is 229 g/mol. The van der Waals surface area contributed by atoms with E-state index >= 15 is 0 Å². The Bertz CT molecular complexity index is 341. The average Bonchev–Trinajstić information content (AvgIpc) is 2.39. The molecular formula is C15H24FNO. The minimum absolute atomic E-state index is 0.217. The number of rotatable bonds is 9. The van der Waals surface area contributed by atoms with E-state index in [0.29, 0.717) is 24.3 Å². The van der Waals surface area contributed by atoms with Crippen LogP contribution in [-0.2, 0) is 17.9 Å². The van der Waals surface area contributed by atoms with Gasteiger partial charge in [0.25, 0.3) is 0 Å². The Balaban J connectivity index is 2.23. The Labute approximate surface area is 109 Å². The Morgan fingerprint density at radius 2 is 1.83 bits per heavy atom. The maximum absolute atomic E-state index is 13.8. The first-order valence-corrected chi connectivity index (χ1v) is 6.83. The Morgan fingerprint density at radius 1 is 1.11 bits per heavy atom. The molecule has 0 unspecified atom stereocenters. The highest BCUT2D eigenvalue weighted by Crippen LogP contribution is 2.13. The monoisotopic (exact) mass is 253 g/mol. The van der Waals surface area contributed by atoms with Gasteiger partial charge < -0.3 is 10.5 Å². The second-order valence-corrected chi connectivity index (χ2v) is 4.56. The van der Waals surface area contributed by atoms with Crippen molar-refractivity contribution in [2.45, 2.75) is 52.2 Å². The van der Waals surface area contributed by atoms with Gasteiger partial charge in [0, 0.05) is 24.3 Å². The summed E-state index contributed by atoms with van der Waals surface area (Å²) in [6.45, 7) is 3.48. The lowest BCUT2D eigenvalue weighted by molar-refractivity contribution is 0.114. The fourth-order valence-corrected chi connectivity index (χ4v) is 1.89. The van der Waals surface area contributed by atoms with E-state index < -0.39 is 0 Å². The van der Waals surface area contributed by atoms with Gasteiger partial charge in [-0.15, -0.1) is 0 Å². The smallest absolute Gasteiger partial charge is 0.133 e. The normalized spacial score (nSPS) is 10.8. The number of nitrogens with two attached hydrogens (primary N) is 1. The number of halogens is 1. The molecule has 0 bridgehead atoms. The van der Waals surface area contributed by atoms with E-state index in [2.05, 4.69) is 6.92 Å². The van der Waals surface area contributed by atoms with Crippen molar-refractivity contribution in [1.82, 2.24) is 0 Å². The molecule has 1 rings (SSSR count). The highest BCUT2D eigenvalue weighted by atomic mass is 19.1. The quantitative estimate of drug-likeness (QED) is 0.680. The lowest BCUT2D eigenvalue weighted by Crippen LogP contribution is -2.04. The molecule has 0 radical (unpaired) electrons. The van der Waals surface area contributed by atoms with Crippen molar-refractivity contribution in [3.05, 3.63) is 35.1 Å². The lowest BCUT2D eigenvalue weighted by atomic mass is 10.1. The minimum atomic E-state index is -0.217. The van der Waals surface area contributed by atoms with Gasteiger partial charge in [-0.3, -0.25) is 0 Å². The highest BCUT2D eigenvalue weighted by Gasteiger charge is 2.06. The van der Waals surface area contributed by atoms with E-state index in [0.717, 1.165) is 6.42 Å². The van der Waals surface area contributed by atoms with Gasteiger partial charge in [-0.05, 0) is 6.42 Å². The molecule has 102 valence electrons. The summed E-state index contributed by atoms with van der Waals surface area (Å²) < 4.78 is 19.3. The molecule has 0 saturated heterocycles. The number of hydrogen-bond acceptors (Lipinski definition) is 2. The van der Waals surface area contributed by atoms with Crippen molar-refractivity contribution in [2.24, 2.45) is 5.73 Å². The minimum Gasteiger partial charge on any atom is -0.377 e. The van der Waals surface area contributed by atoms with E-state index in [9.17, 15) is 4.39 Å². The standard InChI is InChI=1S/C15H24FNO/c1-2-3-4-5-6-10-18-12-14-9-7-8-13(11-17)15(14)16/h7-9H,2-6,10-12,17H2,1H3. The van der Waals surface area contributed by atoms with Crippen LogP contribution in [0.2, 0.25) is 0 Å². The van der Waals surface area contributed by atoms with Crippen LogP contribution < -0.4 is 5.73 Å². The van der Waals surface area contributed by atoms with Gasteiger partial charge >= 0.3 is 0 Å². The highest BCUT2D eigenvalue weighted by molar-refractivity contribution is 5.25. The zero-order valence-corrected chi connectivity index (χ0v) is 11.3. The molecule has 0 saturated carbocycles. The van der Waals surface area contributed by atoms with E-state index in [1.54, 1.807) is 12.1 Å². The van der Waals surface area contributed by atoms with Gasteiger partial charge in [-0.2, -0.15) is 0 Å². The van der Waals surface area contributed by atoms with Crippen LogP contribution in [0.4, 0.5) is 4.39 Å². The van der Waals surface area contributed by atoms with Crippen molar-refractivity contribution < 1.29 is 9.13 Å². The molecule has 1 aromatic carbocycles. The van der Waals surface area contributed by atoms with E-state index in [4.69, 9.17) is 10.5 Å². The Hall–Kier alpha value is -0.930. The third kappa shape index (κ3) is 5.15.